The molecule has 4 nitrogen and oxygen atoms in total. The van der Waals surface area contributed by atoms with E-state index < -0.39 is 0 Å². The minimum Gasteiger partial charge on any atom is -0.466 e. The fourth-order valence-electron chi connectivity index (χ4n) is 1.92. The first kappa shape index (κ1) is 12.5. The average Bonchev–Trinajstić information content (AvgIpc) is 2.18. The summed E-state index contributed by atoms with van der Waals surface area (Å²) in [5.41, 5.74) is 0. The maximum absolute atomic E-state index is 11.3. The number of ether oxygens (including phenoxy) is 1. The average molecular weight is 215 g/mol. The van der Waals surface area contributed by atoms with Crippen LogP contribution in [0.1, 0.15) is 33.1 Å². The second-order valence-corrected chi connectivity index (χ2v) is 4.13. The van der Waals surface area contributed by atoms with Crippen molar-refractivity contribution in [3.8, 4) is 0 Å². The van der Waals surface area contributed by atoms with E-state index in [1.54, 1.807) is 0 Å². The fourth-order valence-corrected chi connectivity index (χ4v) is 1.92. The number of rotatable bonds is 4. The second-order valence-electron chi connectivity index (χ2n) is 4.13. The van der Waals surface area contributed by atoms with E-state index in [4.69, 9.17) is 4.74 Å². The normalized spacial score (nSPS) is 21.3. The molecular formula is C11H21NO3. The number of aliphatic hydroxyl groups is 1. The highest BCUT2D eigenvalue weighted by Crippen LogP contribution is 2.14. The van der Waals surface area contributed by atoms with Crippen LogP contribution in [0.2, 0.25) is 0 Å². The van der Waals surface area contributed by atoms with Crippen molar-refractivity contribution in [1.29, 1.82) is 0 Å². The third-order valence-corrected chi connectivity index (χ3v) is 2.89. The molecule has 0 aromatic rings. The lowest BCUT2D eigenvalue weighted by molar-refractivity contribution is -0.144. The van der Waals surface area contributed by atoms with Crippen LogP contribution in [-0.2, 0) is 9.53 Å². The van der Waals surface area contributed by atoms with Crippen LogP contribution in [0.4, 0.5) is 0 Å². The largest absolute Gasteiger partial charge is 0.466 e. The van der Waals surface area contributed by atoms with Crippen LogP contribution in [-0.4, -0.2) is 47.8 Å². The highest BCUT2D eigenvalue weighted by atomic mass is 16.5. The van der Waals surface area contributed by atoms with Crippen LogP contribution in [0, 0.1) is 0 Å². The molecule has 1 aliphatic rings. The van der Waals surface area contributed by atoms with Crippen molar-refractivity contribution in [2.24, 2.45) is 0 Å². The Bertz CT molecular complexity index is 200. The quantitative estimate of drug-likeness (QED) is 0.704. The summed E-state index contributed by atoms with van der Waals surface area (Å²) in [5, 5.41) is 9.36. The van der Waals surface area contributed by atoms with Crippen molar-refractivity contribution in [1.82, 2.24) is 4.90 Å². The molecule has 1 saturated heterocycles. The first-order valence-electron chi connectivity index (χ1n) is 5.71. The van der Waals surface area contributed by atoms with E-state index in [1.807, 2.05) is 13.8 Å². The zero-order valence-corrected chi connectivity index (χ0v) is 9.61. The van der Waals surface area contributed by atoms with Gasteiger partial charge in [-0.1, -0.05) is 0 Å². The zero-order valence-electron chi connectivity index (χ0n) is 9.61. The van der Waals surface area contributed by atoms with Crippen LogP contribution in [0.5, 0.6) is 0 Å². The number of esters is 1. The Kier molecular flexibility index (Phi) is 5.05. The maximum atomic E-state index is 11.3. The molecule has 1 fully saturated rings. The van der Waals surface area contributed by atoms with E-state index in [1.165, 1.54) is 0 Å². The Morgan fingerprint density at radius 3 is 2.67 bits per heavy atom. The van der Waals surface area contributed by atoms with Gasteiger partial charge in [0.1, 0.15) is 0 Å². The van der Waals surface area contributed by atoms with Gasteiger partial charge in [0.05, 0.1) is 19.1 Å². The summed E-state index contributed by atoms with van der Waals surface area (Å²) in [6.45, 7) is 6.06. The Labute approximate surface area is 91.2 Å². The second kappa shape index (κ2) is 6.08. The number of piperidine rings is 1. The van der Waals surface area contributed by atoms with Crippen molar-refractivity contribution in [2.45, 2.75) is 45.3 Å². The third-order valence-electron chi connectivity index (χ3n) is 2.89. The molecular weight excluding hydrogens is 194 g/mol. The molecule has 0 aliphatic carbocycles. The van der Waals surface area contributed by atoms with Crippen molar-refractivity contribution >= 4 is 5.97 Å². The summed E-state index contributed by atoms with van der Waals surface area (Å²) < 4.78 is 4.91. The minimum atomic E-state index is -0.156. The lowest BCUT2D eigenvalue weighted by Gasteiger charge is -2.33. The molecule has 0 radical (unpaired) electrons. The molecule has 1 N–H and O–H groups in total. The summed E-state index contributed by atoms with van der Waals surface area (Å²) in [6.07, 6.45) is 1.92. The highest BCUT2D eigenvalue weighted by molar-refractivity contribution is 5.70. The van der Waals surface area contributed by atoms with Gasteiger partial charge in [-0.25, -0.2) is 0 Å². The number of aliphatic hydroxyl groups excluding tert-OH is 1. The molecule has 0 aromatic heterocycles. The van der Waals surface area contributed by atoms with Gasteiger partial charge in [0, 0.05) is 19.1 Å². The minimum absolute atomic E-state index is 0.129. The Balaban J connectivity index is 2.27. The van der Waals surface area contributed by atoms with E-state index in [9.17, 15) is 9.90 Å². The lowest BCUT2D eigenvalue weighted by atomic mass is 10.1. The van der Waals surface area contributed by atoms with Crippen LogP contribution in [0.3, 0.4) is 0 Å². The molecule has 15 heavy (non-hydrogen) atoms. The maximum Gasteiger partial charge on any atom is 0.307 e. The predicted molar refractivity (Wildman–Crippen MR) is 57.5 cm³/mol. The van der Waals surface area contributed by atoms with Gasteiger partial charge in [-0.15, -0.1) is 0 Å². The number of carbonyl (C=O) groups excluding carboxylic acids is 1. The van der Waals surface area contributed by atoms with Crippen LogP contribution >= 0.6 is 0 Å². The van der Waals surface area contributed by atoms with Gasteiger partial charge in [-0.3, -0.25) is 9.69 Å². The fraction of sp³-hybridized carbons (Fsp3) is 0.909. The number of nitrogens with zero attached hydrogens (tertiary/aromatic N) is 1. The van der Waals surface area contributed by atoms with E-state index in [-0.39, 0.29) is 18.1 Å². The van der Waals surface area contributed by atoms with Crippen molar-refractivity contribution in [3.63, 3.8) is 0 Å². The van der Waals surface area contributed by atoms with Crippen LogP contribution in [0.15, 0.2) is 0 Å². The molecule has 1 aliphatic heterocycles. The number of likely N-dealkylation sites (tertiary alicyclic amines) is 1. The third kappa shape index (κ3) is 4.18. The number of carbonyl (C=O) groups is 1. The lowest BCUT2D eigenvalue weighted by Crippen LogP contribution is -2.42. The molecule has 0 spiro atoms. The number of hydrogen-bond donors (Lipinski definition) is 1. The Morgan fingerprint density at radius 1 is 1.53 bits per heavy atom. The van der Waals surface area contributed by atoms with Gasteiger partial charge in [-0.2, -0.15) is 0 Å². The van der Waals surface area contributed by atoms with Gasteiger partial charge < -0.3 is 9.84 Å². The number of hydrogen-bond acceptors (Lipinski definition) is 4. The smallest absolute Gasteiger partial charge is 0.307 e. The van der Waals surface area contributed by atoms with Gasteiger partial charge >= 0.3 is 5.97 Å². The van der Waals surface area contributed by atoms with Gasteiger partial charge in [0.15, 0.2) is 0 Å². The summed E-state index contributed by atoms with van der Waals surface area (Å²) in [7, 11) is 0. The summed E-state index contributed by atoms with van der Waals surface area (Å²) in [4.78, 5) is 13.5. The van der Waals surface area contributed by atoms with E-state index in [0.29, 0.717) is 13.0 Å². The molecule has 1 rings (SSSR count). The van der Waals surface area contributed by atoms with Crippen molar-refractivity contribution in [2.75, 3.05) is 19.7 Å². The zero-order chi connectivity index (χ0) is 11.3. The molecule has 1 heterocycles. The predicted octanol–water partition coefficient (Wildman–Crippen LogP) is 0.785. The van der Waals surface area contributed by atoms with E-state index >= 15 is 0 Å². The van der Waals surface area contributed by atoms with E-state index in [0.717, 1.165) is 25.9 Å². The molecule has 1 atom stereocenters. The summed E-state index contributed by atoms with van der Waals surface area (Å²) in [5.74, 6) is -0.129. The first-order chi connectivity index (χ1) is 7.13. The summed E-state index contributed by atoms with van der Waals surface area (Å²) >= 11 is 0. The highest BCUT2D eigenvalue weighted by Gasteiger charge is 2.22. The summed E-state index contributed by atoms with van der Waals surface area (Å²) in [6, 6.07) is 0.219. The molecule has 0 amide bonds. The van der Waals surface area contributed by atoms with Crippen molar-refractivity contribution in [3.05, 3.63) is 0 Å². The van der Waals surface area contributed by atoms with E-state index in [2.05, 4.69) is 4.90 Å². The van der Waals surface area contributed by atoms with Crippen LogP contribution in [0.25, 0.3) is 0 Å². The first-order valence-corrected chi connectivity index (χ1v) is 5.71. The van der Waals surface area contributed by atoms with Crippen LogP contribution < -0.4 is 0 Å². The van der Waals surface area contributed by atoms with Gasteiger partial charge in [0.2, 0.25) is 0 Å². The molecule has 0 aromatic carbocycles. The molecule has 1 unspecified atom stereocenters. The molecule has 88 valence electrons. The SMILES string of the molecule is CCOC(=O)CC(C)N1CCC(O)CC1. The monoisotopic (exact) mass is 215 g/mol. The Morgan fingerprint density at radius 2 is 2.13 bits per heavy atom. The van der Waals surface area contributed by atoms with Crippen molar-refractivity contribution < 1.29 is 14.6 Å². The molecule has 0 saturated carbocycles. The molecule has 4 heteroatoms. The van der Waals surface area contributed by atoms with Gasteiger partial charge in [0.25, 0.3) is 0 Å². The Hall–Kier alpha value is -0.610. The van der Waals surface area contributed by atoms with Gasteiger partial charge in [-0.05, 0) is 26.7 Å². The topological polar surface area (TPSA) is 49.8 Å². The standard InChI is InChI=1S/C11H21NO3/c1-3-15-11(14)8-9(2)12-6-4-10(13)5-7-12/h9-10,13H,3-8H2,1-2H3. The molecule has 0 bridgehead atoms.